The van der Waals surface area contributed by atoms with Crippen LogP contribution in [0.3, 0.4) is 0 Å². The van der Waals surface area contributed by atoms with Crippen LogP contribution in [0.2, 0.25) is 0 Å². The van der Waals surface area contributed by atoms with Gasteiger partial charge in [-0.05, 0) is 37.5 Å². The van der Waals surface area contributed by atoms with Crippen LogP contribution in [0.15, 0.2) is 0 Å². The molecule has 0 spiro atoms. The number of aliphatic hydroxyl groups excluding tert-OH is 1. The van der Waals surface area contributed by atoms with Gasteiger partial charge in [-0.1, -0.05) is 39.0 Å². The predicted molar refractivity (Wildman–Crippen MR) is 65.2 cm³/mol. The minimum Gasteiger partial charge on any atom is -0.390 e. The molecule has 0 aromatic heterocycles. The van der Waals surface area contributed by atoms with Crippen molar-refractivity contribution in [1.82, 2.24) is 0 Å². The number of hydrogen-bond acceptors (Lipinski definition) is 2. The zero-order valence-corrected chi connectivity index (χ0v) is 10.5. The third-order valence-electron chi connectivity index (χ3n) is 4.69. The molecule has 16 heavy (non-hydrogen) atoms. The summed E-state index contributed by atoms with van der Waals surface area (Å²) >= 11 is 0. The monoisotopic (exact) mass is 226 g/mol. The van der Waals surface area contributed by atoms with Gasteiger partial charge in [0.05, 0.1) is 11.7 Å². The molecule has 0 saturated heterocycles. The Kier molecular flexibility index (Phi) is 3.91. The molecule has 3 unspecified atom stereocenters. The molecule has 2 saturated carbocycles. The van der Waals surface area contributed by atoms with Gasteiger partial charge in [0.2, 0.25) is 0 Å². The van der Waals surface area contributed by atoms with Crippen molar-refractivity contribution < 1.29 is 10.2 Å². The fraction of sp³-hybridized carbons (Fsp3) is 1.00. The highest BCUT2D eigenvalue weighted by molar-refractivity contribution is 4.93. The third-order valence-corrected chi connectivity index (χ3v) is 4.69. The van der Waals surface area contributed by atoms with Gasteiger partial charge in [-0.3, -0.25) is 0 Å². The Morgan fingerprint density at radius 2 is 1.75 bits per heavy atom. The normalized spacial score (nSPS) is 36.9. The number of rotatable bonds is 2. The van der Waals surface area contributed by atoms with Crippen LogP contribution >= 0.6 is 0 Å². The van der Waals surface area contributed by atoms with Gasteiger partial charge in [0.1, 0.15) is 0 Å². The zero-order chi connectivity index (χ0) is 11.6. The van der Waals surface area contributed by atoms with Gasteiger partial charge < -0.3 is 10.2 Å². The quantitative estimate of drug-likeness (QED) is 0.760. The van der Waals surface area contributed by atoms with Crippen molar-refractivity contribution in [3.8, 4) is 0 Å². The topological polar surface area (TPSA) is 40.5 Å². The second-order valence-corrected chi connectivity index (χ2v) is 6.14. The van der Waals surface area contributed by atoms with Crippen LogP contribution in [-0.2, 0) is 0 Å². The van der Waals surface area contributed by atoms with E-state index in [2.05, 4.69) is 6.92 Å². The Morgan fingerprint density at radius 3 is 2.38 bits per heavy atom. The molecule has 2 aliphatic rings. The molecular formula is C14H26O2. The summed E-state index contributed by atoms with van der Waals surface area (Å²) in [4.78, 5) is 0. The number of hydrogen-bond donors (Lipinski definition) is 2. The Balaban J connectivity index is 1.96. The molecule has 2 aliphatic carbocycles. The third kappa shape index (κ3) is 2.60. The molecule has 0 bridgehead atoms. The molecule has 0 aromatic carbocycles. The van der Waals surface area contributed by atoms with E-state index in [1.54, 1.807) is 0 Å². The first-order valence-corrected chi connectivity index (χ1v) is 7.02. The first-order valence-electron chi connectivity index (χ1n) is 7.02. The molecule has 0 radical (unpaired) electrons. The SMILES string of the molecule is CC1CCCC(C(O)C2(O)CCCCC2)C1. The average Bonchev–Trinajstić information content (AvgIpc) is 2.29. The Labute approximate surface area is 99.1 Å². The van der Waals surface area contributed by atoms with Crippen LogP contribution in [-0.4, -0.2) is 21.9 Å². The van der Waals surface area contributed by atoms with Crippen molar-refractivity contribution in [2.45, 2.75) is 76.4 Å². The van der Waals surface area contributed by atoms with Gasteiger partial charge in [0.25, 0.3) is 0 Å². The van der Waals surface area contributed by atoms with E-state index in [-0.39, 0.29) is 0 Å². The lowest BCUT2D eigenvalue weighted by Crippen LogP contribution is -2.48. The van der Waals surface area contributed by atoms with Crippen LogP contribution in [0.4, 0.5) is 0 Å². The molecule has 3 atom stereocenters. The molecule has 0 aromatic rings. The summed E-state index contributed by atoms with van der Waals surface area (Å²) in [5.41, 5.74) is -0.764. The van der Waals surface area contributed by atoms with E-state index in [4.69, 9.17) is 0 Å². The van der Waals surface area contributed by atoms with Crippen molar-refractivity contribution in [3.63, 3.8) is 0 Å². The molecule has 2 nitrogen and oxygen atoms in total. The molecule has 94 valence electrons. The van der Waals surface area contributed by atoms with Gasteiger partial charge >= 0.3 is 0 Å². The van der Waals surface area contributed by atoms with Crippen molar-refractivity contribution in [3.05, 3.63) is 0 Å². The molecule has 0 amide bonds. The van der Waals surface area contributed by atoms with Crippen LogP contribution in [0.1, 0.15) is 64.7 Å². The summed E-state index contributed by atoms with van der Waals surface area (Å²) in [6, 6.07) is 0. The first kappa shape index (κ1) is 12.4. The highest BCUT2D eigenvalue weighted by Gasteiger charge is 2.41. The van der Waals surface area contributed by atoms with Gasteiger partial charge in [-0.2, -0.15) is 0 Å². The predicted octanol–water partition coefficient (Wildman–Crippen LogP) is 2.87. The summed E-state index contributed by atoms with van der Waals surface area (Å²) < 4.78 is 0. The number of aliphatic hydroxyl groups is 2. The fourth-order valence-corrected chi connectivity index (χ4v) is 3.67. The van der Waals surface area contributed by atoms with Crippen molar-refractivity contribution in [2.24, 2.45) is 11.8 Å². The average molecular weight is 226 g/mol. The van der Waals surface area contributed by atoms with Crippen LogP contribution < -0.4 is 0 Å². The Bertz CT molecular complexity index is 221. The molecule has 2 heteroatoms. The molecular weight excluding hydrogens is 200 g/mol. The van der Waals surface area contributed by atoms with Crippen LogP contribution in [0, 0.1) is 11.8 Å². The molecule has 0 heterocycles. The maximum Gasteiger partial charge on any atom is 0.0908 e. The smallest absolute Gasteiger partial charge is 0.0908 e. The largest absolute Gasteiger partial charge is 0.390 e. The summed E-state index contributed by atoms with van der Waals surface area (Å²) in [6.07, 6.45) is 9.23. The standard InChI is InChI=1S/C14H26O2/c1-11-6-5-7-12(10-11)13(15)14(16)8-3-2-4-9-14/h11-13,15-16H,2-10H2,1H3. The van der Waals surface area contributed by atoms with Gasteiger partial charge in [0.15, 0.2) is 0 Å². The summed E-state index contributed by atoms with van der Waals surface area (Å²) in [5, 5.41) is 21.0. The molecule has 0 aliphatic heterocycles. The fourth-order valence-electron chi connectivity index (χ4n) is 3.67. The van der Waals surface area contributed by atoms with E-state index in [1.165, 1.54) is 19.3 Å². The summed E-state index contributed by atoms with van der Waals surface area (Å²) in [6.45, 7) is 2.27. The van der Waals surface area contributed by atoms with E-state index in [0.717, 1.165) is 44.4 Å². The highest BCUT2D eigenvalue weighted by Crippen LogP contribution is 2.39. The summed E-state index contributed by atoms with van der Waals surface area (Å²) in [5.74, 6) is 1.06. The van der Waals surface area contributed by atoms with E-state index >= 15 is 0 Å². The van der Waals surface area contributed by atoms with E-state index < -0.39 is 11.7 Å². The van der Waals surface area contributed by atoms with Crippen LogP contribution in [0.5, 0.6) is 0 Å². The lowest BCUT2D eigenvalue weighted by atomic mass is 9.70. The lowest BCUT2D eigenvalue weighted by Gasteiger charge is -2.42. The van der Waals surface area contributed by atoms with E-state index in [0.29, 0.717) is 5.92 Å². The Hall–Kier alpha value is -0.0800. The maximum absolute atomic E-state index is 10.5. The van der Waals surface area contributed by atoms with Gasteiger partial charge in [-0.25, -0.2) is 0 Å². The zero-order valence-electron chi connectivity index (χ0n) is 10.5. The van der Waals surface area contributed by atoms with Crippen molar-refractivity contribution >= 4 is 0 Å². The minimum atomic E-state index is -0.764. The second kappa shape index (κ2) is 5.05. The van der Waals surface area contributed by atoms with Crippen LogP contribution in [0.25, 0.3) is 0 Å². The Morgan fingerprint density at radius 1 is 1.06 bits per heavy atom. The molecule has 2 rings (SSSR count). The molecule has 2 N–H and O–H groups in total. The van der Waals surface area contributed by atoms with Gasteiger partial charge in [-0.15, -0.1) is 0 Å². The van der Waals surface area contributed by atoms with E-state index in [9.17, 15) is 10.2 Å². The minimum absolute atomic E-state index is 0.340. The van der Waals surface area contributed by atoms with Gasteiger partial charge in [0, 0.05) is 0 Å². The highest BCUT2D eigenvalue weighted by atomic mass is 16.3. The lowest BCUT2D eigenvalue weighted by molar-refractivity contribution is -0.127. The molecule has 2 fully saturated rings. The summed E-state index contributed by atoms with van der Waals surface area (Å²) in [7, 11) is 0. The van der Waals surface area contributed by atoms with Crippen molar-refractivity contribution in [1.29, 1.82) is 0 Å². The van der Waals surface area contributed by atoms with Crippen molar-refractivity contribution in [2.75, 3.05) is 0 Å². The second-order valence-electron chi connectivity index (χ2n) is 6.14. The first-order chi connectivity index (χ1) is 7.62. The maximum atomic E-state index is 10.5. The van der Waals surface area contributed by atoms with E-state index in [1.807, 2.05) is 0 Å².